The van der Waals surface area contributed by atoms with Crippen molar-refractivity contribution in [2.45, 2.75) is 36.9 Å². The standard InChI is InChI=1S/C24H20ClFN4O3/c1-33-21-11-27-3-2-14(21)15-6-18(26)19(7-17(15)25)29-23(32)24-8-13-4-12-5-22(31)28-10-16(12)20(9-24)30(13)24/h2-3,5-7,10-11,13,20H,4,8-9H2,1H3,(H,28,31)(H,29,32)/t13-,20?,24?/m1/s1. The van der Waals surface area contributed by atoms with Crippen molar-refractivity contribution in [1.29, 1.82) is 0 Å². The van der Waals surface area contributed by atoms with Gasteiger partial charge in [-0.3, -0.25) is 19.5 Å². The number of H-pyrrole nitrogens is 1. The van der Waals surface area contributed by atoms with E-state index in [-0.39, 0.29) is 29.2 Å². The van der Waals surface area contributed by atoms with Crippen molar-refractivity contribution in [2.75, 3.05) is 12.4 Å². The summed E-state index contributed by atoms with van der Waals surface area (Å²) in [7, 11) is 1.51. The monoisotopic (exact) mass is 466 g/mol. The molecular weight excluding hydrogens is 447 g/mol. The molecule has 3 aromatic rings. The van der Waals surface area contributed by atoms with Crippen LogP contribution < -0.4 is 15.6 Å². The maximum atomic E-state index is 15.0. The summed E-state index contributed by atoms with van der Waals surface area (Å²) in [6.07, 6.45) is 6.93. The zero-order valence-corrected chi connectivity index (χ0v) is 18.4. The normalized spacial score (nSPS) is 24.7. The molecule has 0 radical (unpaired) electrons. The van der Waals surface area contributed by atoms with Crippen molar-refractivity contribution in [1.82, 2.24) is 14.9 Å². The van der Waals surface area contributed by atoms with E-state index in [4.69, 9.17) is 16.3 Å². The summed E-state index contributed by atoms with van der Waals surface area (Å²) < 4.78 is 20.3. The summed E-state index contributed by atoms with van der Waals surface area (Å²) in [5, 5.41) is 3.06. The number of fused-ring (bicyclic) bond motifs is 2. The number of carbonyl (C=O) groups is 1. The average molecular weight is 467 g/mol. The van der Waals surface area contributed by atoms with Gasteiger partial charge < -0.3 is 15.0 Å². The lowest BCUT2D eigenvalue weighted by atomic mass is 9.58. The number of aromatic amines is 1. The molecule has 7 nitrogen and oxygen atoms in total. The highest BCUT2D eigenvalue weighted by molar-refractivity contribution is 6.33. The molecule has 2 aromatic heterocycles. The van der Waals surface area contributed by atoms with Gasteiger partial charge in [-0.1, -0.05) is 11.6 Å². The molecule has 0 bridgehead atoms. The molecule has 6 rings (SSSR count). The predicted octanol–water partition coefficient (Wildman–Crippen LogP) is 3.69. The SMILES string of the molecule is COc1cnccc1-c1cc(F)c(NC(=O)C23CC4c5c[nH]c(=O)cc5C[C@H](C2)N43)cc1Cl. The molecule has 1 aromatic carbocycles. The van der Waals surface area contributed by atoms with Gasteiger partial charge in [0.2, 0.25) is 11.5 Å². The predicted molar refractivity (Wildman–Crippen MR) is 121 cm³/mol. The van der Waals surface area contributed by atoms with Gasteiger partial charge in [0.15, 0.2) is 0 Å². The second kappa shape index (κ2) is 7.13. The molecular formula is C24H20ClFN4O3. The fourth-order valence-electron chi connectivity index (χ4n) is 5.73. The Bertz CT molecular complexity index is 1380. The first-order valence-corrected chi connectivity index (χ1v) is 11.1. The topological polar surface area (TPSA) is 87.3 Å². The van der Waals surface area contributed by atoms with E-state index in [1.165, 1.54) is 25.4 Å². The molecule has 2 fully saturated rings. The number of halogens is 2. The van der Waals surface area contributed by atoms with Gasteiger partial charge in [0.05, 0.1) is 24.0 Å². The summed E-state index contributed by atoms with van der Waals surface area (Å²) in [6, 6.07) is 6.41. The van der Waals surface area contributed by atoms with Crippen LogP contribution in [-0.4, -0.2) is 39.5 Å². The molecule has 33 heavy (non-hydrogen) atoms. The quantitative estimate of drug-likeness (QED) is 0.612. The molecule has 9 heteroatoms. The van der Waals surface area contributed by atoms with Gasteiger partial charge in [-0.15, -0.1) is 0 Å². The number of benzene rings is 1. The number of rotatable bonds is 4. The van der Waals surface area contributed by atoms with Gasteiger partial charge in [0, 0.05) is 41.7 Å². The van der Waals surface area contributed by atoms with Crippen molar-refractivity contribution in [3.8, 4) is 16.9 Å². The third-order valence-electron chi connectivity index (χ3n) is 7.21. The Morgan fingerprint density at radius 3 is 3.00 bits per heavy atom. The van der Waals surface area contributed by atoms with Gasteiger partial charge in [-0.25, -0.2) is 4.39 Å². The summed E-state index contributed by atoms with van der Waals surface area (Å²) in [4.78, 5) is 33.8. The van der Waals surface area contributed by atoms with Crippen LogP contribution in [0.1, 0.15) is 30.0 Å². The second-order valence-corrected chi connectivity index (χ2v) is 9.25. The number of amides is 1. The fraction of sp³-hybridized carbons (Fsp3) is 0.292. The Labute approximate surface area is 193 Å². The number of carbonyl (C=O) groups excluding carboxylic acids is 1. The smallest absolute Gasteiger partial charge is 0.248 e. The van der Waals surface area contributed by atoms with E-state index in [1.807, 2.05) is 0 Å². The summed E-state index contributed by atoms with van der Waals surface area (Å²) >= 11 is 6.47. The van der Waals surface area contributed by atoms with E-state index in [2.05, 4.69) is 20.2 Å². The van der Waals surface area contributed by atoms with E-state index in [0.29, 0.717) is 34.7 Å². The highest BCUT2D eigenvalue weighted by Gasteiger charge is 2.69. The molecule has 3 atom stereocenters. The van der Waals surface area contributed by atoms with Gasteiger partial charge in [0.1, 0.15) is 17.1 Å². The Balaban J connectivity index is 1.25. The maximum Gasteiger partial charge on any atom is 0.248 e. The van der Waals surface area contributed by atoms with Crippen molar-refractivity contribution >= 4 is 23.2 Å². The van der Waals surface area contributed by atoms with Gasteiger partial charge >= 0.3 is 0 Å². The molecule has 0 saturated carbocycles. The van der Waals surface area contributed by atoms with E-state index in [0.717, 1.165) is 17.5 Å². The van der Waals surface area contributed by atoms with E-state index < -0.39 is 11.4 Å². The molecule has 0 aliphatic carbocycles. The number of hydrogen-bond acceptors (Lipinski definition) is 5. The number of pyridine rings is 2. The molecule has 5 heterocycles. The first-order valence-electron chi connectivity index (χ1n) is 10.7. The summed E-state index contributed by atoms with van der Waals surface area (Å²) in [6.45, 7) is 0. The number of anilines is 1. The van der Waals surface area contributed by atoms with Crippen molar-refractivity contribution < 1.29 is 13.9 Å². The van der Waals surface area contributed by atoms with Gasteiger partial charge in [-0.05, 0) is 48.6 Å². The number of methoxy groups -OCH3 is 1. The molecule has 168 valence electrons. The van der Waals surface area contributed by atoms with E-state index in [9.17, 15) is 9.59 Å². The number of nitrogens with one attached hydrogen (secondary N) is 2. The van der Waals surface area contributed by atoms with Crippen LogP contribution in [0.15, 0.2) is 47.7 Å². The average Bonchev–Trinajstić information content (AvgIpc) is 2.77. The molecule has 2 unspecified atom stereocenters. The zero-order chi connectivity index (χ0) is 22.9. The third-order valence-corrected chi connectivity index (χ3v) is 7.52. The first-order chi connectivity index (χ1) is 15.9. The van der Waals surface area contributed by atoms with Crippen LogP contribution in [0, 0.1) is 5.82 Å². The maximum absolute atomic E-state index is 15.0. The lowest BCUT2D eigenvalue weighted by Crippen LogP contribution is -2.80. The van der Waals surface area contributed by atoms with Crippen molar-refractivity contribution in [2.24, 2.45) is 0 Å². The molecule has 3 aliphatic rings. The Hall–Kier alpha value is -3.23. The zero-order valence-electron chi connectivity index (χ0n) is 17.7. The lowest BCUT2D eigenvalue weighted by Gasteiger charge is -2.71. The summed E-state index contributed by atoms with van der Waals surface area (Å²) in [5.41, 5.74) is 2.49. The van der Waals surface area contributed by atoms with Crippen molar-refractivity contribution in [3.63, 3.8) is 0 Å². The Kier molecular flexibility index (Phi) is 4.41. The molecule has 3 aliphatic heterocycles. The van der Waals surface area contributed by atoms with Crippen LogP contribution in [-0.2, 0) is 11.2 Å². The van der Waals surface area contributed by atoms with E-state index in [1.54, 1.807) is 24.5 Å². The highest BCUT2D eigenvalue weighted by Crippen LogP contribution is 2.61. The molecule has 2 N–H and O–H groups in total. The van der Waals surface area contributed by atoms with E-state index >= 15 is 4.39 Å². The summed E-state index contributed by atoms with van der Waals surface area (Å²) in [5.74, 6) is -0.333. The second-order valence-electron chi connectivity index (χ2n) is 8.84. The van der Waals surface area contributed by atoms with Crippen LogP contribution >= 0.6 is 11.6 Å². The number of piperidine rings is 1. The van der Waals surface area contributed by atoms with Crippen LogP contribution in [0.5, 0.6) is 5.75 Å². The van der Waals surface area contributed by atoms with Crippen LogP contribution in [0.25, 0.3) is 11.1 Å². The highest BCUT2D eigenvalue weighted by atomic mass is 35.5. The Morgan fingerprint density at radius 2 is 2.18 bits per heavy atom. The molecule has 0 spiro atoms. The number of hydrogen-bond donors (Lipinski definition) is 2. The number of nitrogens with zero attached hydrogens (tertiary/aromatic N) is 2. The van der Waals surface area contributed by atoms with Crippen molar-refractivity contribution in [3.05, 3.63) is 75.2 Å². The first kappa shape index (κ1) is 20.4. The van der Waals surface area contributed by atoms with Crippen LogP contribution in [0.4, 0.5) is 10.1 Å². The molecule has 1 amide bonds. The van der Waals surface area contributed by atoms with Gasteiger partial charge in [0.25, 0.3) is 0 Å². The largest absolute Gasteiger partial charge is 0.494 e. The number of aromatic nitrogens is 2. The van der Waals surface area contributed by atoms with Gasteiger partial charge in [-0.2, -0.15) is 0 Å². The number of ether oxygens (including phenoxy) is 1. The molecule has 2 saturated heterocycles. The fourth-order valence-corrected chi connectivity index (χ4v) is 5.99. The Morgan fingerprint density at radius 1 is 1.33 bits per heavy atom. The minimum Gasteiger partial charge on any atom is -0.494 e. The minimum absolute atomic E-state index is 0.0461. The third kappa shape index (κ3) is 2.87. The lowest BCUT2D eigenvalue weighted by molar-refractivity contribution is -0.206. The van der Waals surface area contributed by atoms with Crippen LogP contribution in [0.3, 0.4) is 0 Å². The van der Waals surface area contributed by atoms with Crippen LogP contribution in [0.2, 0.25) is 5.02 Å². The minimum atomic E-state index is -0.644.